The topological polar surface area (TPSA) is 64.0 Å². The Morgan fingerprint density at radius 2 is 2.07 bits per heavy atom. The van der Waals surface area contributed by atoms with Gasteiger partial charge in [-0.05, 0) is 43.4 Å². The van der Waals surface area contributed by atoms with Crippen molar-refractivity contribution in [2.45, 2.75) is 50.6 Å². The van der Waals surface area contributed by atoms with E-state index >= 15 is 0 Å². The van der Waals surface area contributed by atoms with Gasteiger partial charge in [0.05, 0.1) is 16.8 Å². The van der Waals surface area contributed by atoms with Gasteiger partial charge in [0.2, 0.25) is 5.91 Å². The number of unbranched alkanes of at least 4 members (excludes halogenated alkanes) is 2. The standard InChI is InChI=1S/C22H25N3O2S2/c1-2-3-7-13-23-18(26)14-28-22-24-20-19(16-11-8-12-17(16)29-20)21(27)25(22)15-9-5-4-6-10-15/h4-6,9-10H,2-3,7-8,11-14H2,1H3,(H,23,26). The number of carbonyl (C=O) groups excluding carboxylic acids is 1. The summed E-state index contributed by atoms with van der Waals surface area (Å²) in [5.74, 6) is 0.232. The lowest BCUT2D eigenvalue weighted by Gasteiger charge is -2.12. The van der Waals surface area contributed by atoms with Crippen LogP contribution in [0.25, 0.3) is 15.9 Å². The van der Waals surface area contributed by atoms with Crippen LogP contribution < -0.4 is 10.9 Å². The summed E-state index contributed by atoms with van der Waals surface area (Å²) in [6, 6.07) is 9.59. The number of nitrogens with one attached hydrogen (secondary N) is 1. The molecule has 0 fully saturated rings. The van der Waals surface area contributed by atoms with E-state index in [1.54, 1.807) is 15.9 Å². The van der Waals surface area contributed by atoms with Gasteiger partial charge in [0.15, 0.2) is 5.16 Å². The van der Waals surface area contributed by atoms with Gasteiger partial charge in [0.25, 0.3) is 5.56 Å². The zero-order valence-electron chi connectivity index (χ0n) is 16.6. The third-order valence-corrected chi connectivity index (χ3v) is 7.28. The van der Waals surface area contributed by atoms with Crippen LogP contribution in [0.4, 0.5) is 0 Å². The molecular weight excluding hydrogens is 402 g/mol. The number of rotatable bonds is 8. The largest absolute Gasteiger partial charge is 0.355 e. The van der Waals surface area contributed by atoms with Crippen LogP contribution in [0.2, 0.25) is 0 Å². The molecule has 29 heavy (non-hydrogen) atoms. The molecule has 5 nitrogen and oxygen atoms in total. The highest BCUT2D eigenvalue weighted by Crippen LogP contribution is 2.36. The number of hydrogen-bond acceptors (Lipinski definition) is 5. The number of nitrogens with zero attached hydrogens (tertiary/aromatic N) is 2. The third kappa shape index (κ3) is 4.26. The fourth-order valence-electron chi connectivity index (χ4n) is 3.71. The number of carbonyl (C=O) groups is 1. The number of benzene rings is 1. The predicted molar refractivity (Wildman–Crippen MR) is 121 cm³/mol. The summed E-state index contributed by atoms with van der Waals surface area (Å²) < 4.78 is 1.67. The smallest absolute Gasteiger partial charge is 0.267 e. The minimum absolute atomic E-state index is 0.0197. The highest BCUT2D eigenvalue weighted by molar-refractivity contribution is 7.99. The summed E-state index contributed by atoms with van der Waals surface area (Å²) in [5, 5.41) is 4.30. The third-order valence-electron chi connectivity index (χ3n) is 5.16. The quantitative estimate of drug-likeness (QED) is 0.330. The fourth-order valence-corrected chi connectivity index (χ4v) is 5.86. The molecular formula is C22H25N3O2S2. The summed E-state index contributed by atoms with van der Waals surface area (Å²) in [6.45, 7) is 2.84. The number of amides is 1. The van der Waals surface area contributed by atoms with Gasteiger partial charge in [-0.1, -0.05) is 49.7 Å². The first kappa shape index (κ1) is 20.2. The predicted octanol–water partition coefficient (Wildman–Crippen LogP) is 4.33. The van der Waals surface area contributed by atoms with Crippen LogP contribution in [0.1, 0.15) is 43.0 Å². The van der Waals surface area contributed by atoms with E-state index < -0.39 is 0 Å². The van der Waals surface area contributed by atoms with Crippen LogP contribution in [-0.2, 0) is 17.6 Å². The summed E-state index contributed by atoms with van der Waals surface area (Å²) in [7, 11) is 0. The van der Waals surface area contributed by atoms with E-state index in [0.29, 0.717) is 11.7 Å². The zero-order chi connectivity index (χ0) is 20.2. The second kappa shape index (κ2) is 9.13. The van der Waals surface area contributed by atoms with E-state index in [0.717, 1.165) is 54.4 Å². The maximum absolute atomic E-state index is 13.5. The molecule has 1 aliphatic rings. The van der Waals surface area contributed by atoms with E-state index in [-0.39, 0.29) is 17.2 Å². The maximum atomic E-state index is 13.5. The summed E-state index contributed by atoms with van der Waals surface area (Å²) in [5.41, 5.74) is 1.94. The van der Waals surface area contributed by atoms with Crippen LogP contribution in [-0.4, -0.2) is 27.8 Å². The number of aryl methyl sites for hydroxylation is 2. The van der Waals surface area contributed by atoms with E-state index in [1.807, 2.05) is 30.3 Å². The molecule has 2 heterocycles. The lowest BCUT2D eigenvalue weighted by Crippen LogP contribution is -2.27. The van der Waals surface area contributed by atoms with Gasteiger partial charge in [-0.3, -0.25) is 14.2 Å². The van der Waals surface area contributed by atoms with Crippen molar-refractivity contribution in [3.8, 4) is 5.69 Å². The Hall–Kier alpha value is -2.12. The number of fused-ring (bicyclic) bond motifs is 3. The van der Waals surface area contributed by atoms with Crippen LogP contribution in [0.3, 0.4) is 0 Å². The van der Waals surface area contributed by atoms with Crippen LogP contribution in [0.5, 0.6) is 0 Å². The molecule has 0 saturated heterocycles. The first-order valence-corrected chi connectivity index (χ1v) is 12.0. The molecule has 2 aromatic heterocycles. The normalized spacial score (nSPS) is 13.0. The average Bonchev–Trinajstić information content (AvgIpc) is 3.31. The minimum atomic E-state index is -0.0218. The molecule has 0 radical (unpaired) electrons. The lowest BCUT2D eigenvalue weighted by atomic mass is 10.2. The first-order valence-electron chi connectivity index (χ1n) is 10.2. The van der Waals surface area contributed by atoms with Gasteiger partial charge in [-0.15, -0.1) is 11.3 Å². The van der Waals surface area contributed by atoms with Crippen molar-refractivity contribution in [3.05, 3.63) is 51.1 Å². The summed E-state index contributed by atoms with van der Waals surface area (Å²) in [6.07, 6.45) is 6.32. The molecule has 0 atom stereocenters. The first-order chi connectivity index (χ1) is 14.2. The number of hydrogen-bond donors (Lipinski definition) is 1. The van der Waals surface area contributed by atoms with Gasteiger partial charge >= 0.3 is 0 Å². The fraction of sp³-hybridized carbons (Fsp3) is 0.409. The molecule has 1 aliphatic carbocycles. The van der Waals surface area contributed by atoms with E-state index in [9.17, 15) is 9.59 Å². The molecule has 4 rings (SSSR count). The minimum Gasteiger partial charge on any atom is -0.355 e. The highest BCUT2D eigenvalue weighted by atomic mass is 32.2. The number of thiophene rings is 1. The molecule has 0 saturated carbocycles. The number of aromatic nitrogens is 2. The molecule has 7 heteroatoms. The monoisotopic (exact) mass is 427 g/mol. The second-order valence-electron chi connectivity index (χ2n) is 7.25. The molecule has 0 aliphatic heterocycles. The molecule has 1 aromatic carbocycles. The lowest BCUT2D eigenvalue weighted by molar-refractivity contribution is -0.118. The van der Waals surface area contributed by atoms with Gasteiger partial charge in [-0.25, -0.2) is 4.98 Å². The van der Waals surface area contributed by atoms with Crippen molar-refractivity contribution >= 4 is 39.2 Å². The average molecular weight is 428 g/mol. The Bertz CT molecular complexity index is 1070. The highest BCUT2D eigenvalue weighted by Gasteiger charge is 2.24. The summed E-state index contributed by atoms with van der Waals surface area (Å²) >= 11 is 2.96. The van der Waals surface area contributed by atoms with Crippen molar-refractivity contribution in [2.24, 2.45) is 0 Å². The van der Waals surface area contributed by atoms with Crippen molar-refractivity contribution in [1.29, 1.82) is 0 Å². The van der Waals surface area contributed by atoms with Crippen molar-refractivity contribution in [3.63, 3.8) is 0 Å². The van der Waals surface area contributed by atoms with Gasteiger partial charge in [0.1, 0.15) is 4.83 Å². The molecule has 1 amide bonds. The number of para-hydroxylation sites is 1. The van der Waals surface area contributed by atoms with Crippen molar-refractivity contribution in [2.75, 3.05) is 12.3 Å². The Labute approximate surface area is 178 Å². The van der Waals surface area contributed by atoms with Gasteiger partial charge in [-0.2, -0.15) is 0 Å². The van der Waals surface area contributed by atoms with Gasteiger partial charge < -0.3 is 5.32 Å². The number of thioether (sulfide) groups is 1. The van der Waals surface area contributed by atoms with E-state index in [2.05, 4.69) is 12.2 Å². The molecule has 0 unspecified atom stereocenters. The summed E-state index contributed by atoms with van der Waals surface area (Å²) in [4.78, 5) is 32.6. The van der Waals surface area contributed by atoms with E-state index in [1.165, 1.54) is 22.2 Å². The van der Waals surface area contributed by atoms with Crippen LogP contribution in [0.15, 0.2) is 40.3 Å². The van der Waals surface area contributed by atoms with Crippen LogP contribution in [0, 0.1) is 0 Å². The maximum Gasteiger partial charge on any atom is 0.267 e. The van der Waals surface area contributed by atoms with E-state index in [4.69, 9.17) is 4.98 Å². The Morgan fingerprint density at radius 1 is 1.24 bits per heavy atom. The Balaban J connectivity index is 1.66. The molecule has 3 aromatic rings. The molecule has 0 bridgehead atoms. The second-order valence-corrected chi connectivity index (χ2v) is 9.28. The molecule has 1 N–H and O–H groups in total. The molecule has 0 spiro atoms. The zero-order valence-corrected chi connectivity index (χ0v) is 18.2. The molecule has 152 valence electrons. The Morgan fingerprint density at radius 3 is 2.86 bits per heavy atom. The Kier molecular flexibility index (Phi) is 6.35. The van der Waals surface area contributed by atoms with Gasteiger partial charge in [0, 0.05) is 11.4 Å². The SMILES string of the molecule is CCCCCNC(=O)CSc1nc2sc3c(c2c(=O)n1-c1ccccc1)CCC3. The van der Waals surface area contributed by atoms with Crippen molar-refractivity contribution < 1.29 is 4.79 Å². The van der Waals surface area contributed by atoms with Crippen molar-refractivity contribution in [1.82, 2.24) is 14.9 Å². The van der Waals surface area contributed by atoms with Crippen LogP contribution >= 0.6 is 23.1 Å².